The predicted molar refractivity (Wildman–Crippen MR) is 85.8 cm³/mol. The van der Waals surface area contributed by atoms with E-state index >= 15 is 0 Å². The molecule has 0 aliphatic carbocycles. The molecule has 1 amide bonds. The SMILES string of the molecule is COc1ccc([C@@H]2CCCN2C(=O)[C@H]2CNCCO2)cc1OC. The Labute approximate surface area is 136 Å². The first-order chi connectivity index (χ1) is 11.2. The highest BCUT2D eigenvalue weighted by Crippen LogP contribution is 2.37. The molecule has 2 saturated heterocycles. The van der Waals surface area contributed by atoms with Crippen LogP contribution in [-0.2, 0) is 9.53 Å². The van der Waals surface area contributed by atoms with Gasteiger partial charge < -0.3 is 24.4 Å². The first-order valence-corrected chi connectivity index (χ1v) is 8.09. The summed E-state index contributed by atoms with van der Waals surface area (Å²) in [6.07, 6.45) is 1.59. The van der Waals surface area contributed by atoms with E-state index in [1.165, 1.54) is 0 Å². The van der Waals surface area contributed by atoms with Gasteiger partial charge in [0.25, 0.3) is 5.91 Å². The summed E-state index contributed by atoms with van der Waals surface area (Å²) in [5.41, 5.74) is 1.08. The lowest BCUT2D eigenvalue weighted by Crippen LogP contribution is -2.49. The minimum Gasteiger partial charge on any atom is -0.493 e. The second kappa shape index (κ2) is 7.19. The zero-order valence-corrected chi connectivity index (χ0v) is 13.7. The maximum Gasteiger partial charge on any atom is 0.253 e. The summed E-state index contributed by atoms with van der Waals surface area (Å²) >= 11 is 0. The van der Waals surface area contributed by atoms with Gasteiger partial charge in [-0.05, 0) is 30.5 Å². The number of morpholine rings is 1. The molecule has 2 atom stereocenters. The molecule has 6 heteroatoms. The molecule has 0 bridgehead atoms. The van der Waals surface area contributed by atoms with E-state index in [1.54, 1.807) is 14.2 Å². The maximum absolute atomic E-state index is 12.8. The molecule has 3 rings (SSSR count). The molecule has 2 fully saturated rings. The van der Waals surface area contributed by atoms with Crippen molar-refractivity contribution >= 4 is 5.91 Å². The number of ether oxygens (including phenoxy) is 3. The highest BCUT2D eigenvalue weighted by Gasteiger charge is 2.35. The van der Waals surface area contributed by atoms with E-state index in [2.05, 4.69) is 5.32 Å². The number of carbonyl (C=O) groups excluding carboxylic acids is 1. The van der Waals surface area contributed by atoms with Gasteiger partial charge in [-0.25, -0.2) is 0 Å². The molecule has 0 spiro atoms. The van der Waals surface area contributed by atoms with Crippen LogP contribution in [0.25, 0.3) is 0 Å². The lowest BCUT2D eigenvalue weighted by molar-refractivity contribution is -0.146. The normalized spacial score (nSPS) is 24.5. The zero-order valence-electron chi connectivity index (χ0n) is 13.7. The van der Waals surface area contributed by atoms with Crippen LogP contribution in [0.5, 0.6) is 11.5 Å². The van der Waals surface area contributed by atoms with Crippen LogP contribution in [0, 0.1) is 0 Å². The molecule has 1 aromatic carbocycles. The number of amides is 1. The van der Waals surface area contributed by atoms with Crippen LogP contribution < -0.4 is 14.8 Å². The van der Waals surface area contributed by atoms with Crippen molar-refractivity contribution in [2.75, 3.05) is 40.5 Å². The van der Waals surface area contributed by atoms with Crippen molar-refractivity contribution in [1.29, 1.82) is 0 Å². The average Bonchev–Trinajstić information content (AvgIpc) is 3.10. The summed E-state index contributed by atoms with van der Waals surface area (Å²) in [6.45, 7) is 2.76. The molecule has 23 heavy (non-hydrogen) atoms. The number of carbonyl (C=O) groups is 1. The fourth-order valence-electron chi connectivity index (χ4n) is 3.35. The predicted octanol–water partition coefficient (Wildman–Crippen LogP) is 1.36. The fourth-order valence-corrected chi connectivity index (χ4v) is 3.35. The molecule has 1 aromatic rings. The fraction of sp³-hybridized carbons (Fsp3) is 0.588. The molecule has 2 heterocycles. The van der Waals surface area contributed by atoms with Crippen LogP contribution >= 0.6 is 0 Å². The third-order valence-electron chi connectivity index (χ3n) is 4.53. The van der Waals surface area contributed by atoms with Crippen LogP contribution in [0.1, 0.15) is 24.4 Å². The second-order valence-electron chi connectivity index (χ2n) is 5.87. The summed E-state index contributed by atoms with van der Waals surface area (Å²) in [5, 5.41) is 3.22. The molecule has 0 aromatic heterocycles. The van der Waals surface area contributed by atoms with Crippen LogP contribution in [0.2, 0.25) is 0 Å². The van der Waals surface area contributed by atoms with E-state index in [0.29, 0.717) is 24.7 Å². The number of methoxy groups -OCH3 is 2. The summed E-state index contributed by atoms with van der Waals surface area (Å²) < 4.78 is 16.3. The highest BCUT2D eigenvalue weighted by molar-refractivity contribution is 5.82. The van der Waals surface area contributed by atoms with Gasteiger partial charge in [0.2, 0.25) is 0 Å². The van der Waals surface area contributed by atoms with Gasteiger partial charge in [0.1, 0.15) is 6.10 Å². The van der Waals surface area contributed by atoms with Crippen molar-refractivity contribution in [2.45, 2.75) is 25.0 Å². The summed E-state index contributed by atoms with van der Waals surface area (Å²) in [4.78, 5) is 14.7. The molecule has 6 nitrogen and oxygen atoms in total. The van der Waals surface area contributed by atoms with Crippen LogP contribution in [0.4, 0.5) is 0 Å². The summed E-state index contributed by atoms with van der Waals surface area (Å²) in [7, 11) is 3.25. The Balaban J connectivity index is 1.79. The van der Waals surface area contributed by atoms with Crippen LogP contribution in [-0.4, -0.2) is 57.4 Å². The molecule has 126 valence electrons. The van der Waals surface area contributed by atoms with Crippen molar-refractivity contribution in [2.24, 2.45) is 0 Å². The lowest BCUT2D eigenvalue weighted by atomic mass is 10.0. The maximum atomic E-state index is 12.8. The molecule has 0 saturated carbocycles. The van der Waals surface area contributed by atoms with Gasteiger partial charge in [-0.2, -0.15) is 0 Å². The molecule has 1 N–H and O–H groups in total. The largest absolute Gasteiger partial charge is 0.493 e. The number of likely N-dealkylation sites (tertiary alicyclic amines) is 1. The number of hydrogen-bond acceptors (Lipinski definition) is 5. The summed E-state index contributed by atoms with van der Waals surface area (Å²) in [6, 6.07) is 5.95. The van der Waals surface area contributed by atoms with Gasteiger partial charge in [-0.1, -0.05) is 6.07 Å². The number of rotatable bonds is 4. The quantitative estimate of drug-likeness (QED) is 0.907. The first kappa shape index (κ1) is 16.1. The second-order valence-corrected chi connectivity index (χ2v) is 5.87. The molecular formula is C17H24N2O4. The minimum atomic E-state index is -0.371. The van der Waals surface area contributed by atoms with E-state index in [1.807, 2.05) is 23.1 Å². The Hall–Kier alpha value is -1.79. The molecule has 2 aliphatic rings. The molecular weight excluding hydrogens is 296 g/mol. The van der Waals surface area contributed by atoms with Crippen molar-refractivity contribution in [3.05, 3.63) is 23.8 Å². The average molecular weight is 320 g/mol. The smallest absolute Gasteiger partial charge is 0.253 e. The Bertz CT molecular complexity index is 558. The monoisotopic (exact) mass is 320 g/mol. The van der Waals surface area contributed by atoms with Gasteiger partial charge >= 0.3 is 0 Å². The van der Waals surface area contributed by atoms with Gasteiger partial charge in [0, 0.05) is 19.6 Å². The van der Waals surface area contributed by atoms with Crippen molar-refractivity contribution in [3.63, 3.8) is 0 Å². The van der Waals surface area contributed by atoms with E-state index in [4.69, 9.17) is 14.2 Å². The highest BCUT2D eigenvalue weighted by atomic mass is 16.5. The van der Waals surface area contributed by atoms with E-state index < -0.39 is 0 Å². The van der Waals surface area contributed by atoms with Gasteiger partial charge in [0.15, 0.2) is 11.5 Å². The van der Waals surface area contributed by atoms with Crippen molar-refractivity contribution < 1.29 is 19.0 Å². The van der Waals surface area contributed by atoms with E-state index in [0.717, 1.165) is 31.5 Å². The Morgan fingerprint density at radius 1 is 1.30 bits per heavy atom. The third kappa shape index (κ3) is 3.28. The summed E-state index contributed by atoms with van der Waals surface area (Å²) in [5.74, 6) is 1.47. The van der Waals surface area contributed by atoms with E-state index in [9.17, 15) is 4.79 Å². The van der Waals surface area contributed by atoms with Crippen molar-refractivity contribution in [3.8, 4) is 11.5 Å². The Kier molecular flexibility index (Phi) is 5.03. The van der Waals surface area contributed by atoms with E-state index in [-0.39, 0.29) is 18.1 Å². The first-order valence-electron chi connectivity index (χ1n) is 8.09. The van der Waals surface area contributed by atoms with Gasteiger partial charge in [-0.15, -0.1) is 0 Å². The van der Waals surface area contributed by atoms with Gasteiger partial charge in [0.05, 0.1) is 26.9 Å². The third-order valence-corrected chi connectivity index (χ3v) is 4.53. The Morgan fingerprint density at radius 2 is 2.13 bits per heavy atom. The topological polar surface area (TPSA) is 60.0 Å². The Morgan fingerprint density at radius 3 is 2.83 bits per heavy atom. The van der Waals surface area contributed by atoms with Crippen LogP contribution in [0.3, 0.4) is 0 Å². The van der Waals surface area contributed by atoms with Crippen molar-refractivity contribution in [1.82, 2.24) is 10.2 Å². The lowest BCUT2D eigenvalue weighted by Gasteiger charge is -2.31. The van der Waals surface area contributed by atoms with Crippen LogP contribution in [0.15, 0.2) is 18.2 Å². The number of hydrogen-bond donors (Lipinski definition) is 1. The number of nitrogens with one attached hydrogen (secondary N) is 1. The minimum absolute atomic E-state index is 0.0767. The standard InChI is InChI=1S/C17H24N2O4/c1-21-14-6-5-12(10-15(14)22-2)13-4-3-8-19(13)17(20)16-11-18-7-9-23-16/h5-6,10,13,16,18H,3-4,7-9,11H2,1-2H3/t13-,16+/m0/s1. The van der Waals surface area contributed by atoms with Gasteiger partial charge in [-0.3, -0.25) is 4.79 Å². The number of benzene rings is 1. The molecule has 0 radical (unpaired) electrons. The number of nitrogens with zero attached hydrogens (tertiary/aromatic N) is 1. The molecule has 2 aliphatic heterocycles. The molecule has 0 unspecified atom stereocenters. The zero-order chi connectivity index (χ0) is 16.2.